The topological polar surface area (TPSA) is 86.5 Å². The van der Waals surface area contributed by atoms with Crippen molar-refractivity contribution in [2.45, 2.75) is 156 Å². The van der Waals surface area contributed by atoms with Crippen LogP contribution in [0.25, 0.3) is 0 Å². The molecule has 7 nitrogen and oxygen atoms in total. The van der Waals surface area contributed by atoms with Gasteiger partial charge in [-0.25, -0.2) is 0 Å². The predicted molar refractivity (Wildman–Crippen MR) is 167 cm³/mol. The van der Waals surface area contributed by atoms with Crippen LogP contribution >= 0.6 is 7.60 Å². The molecule has 0 fully saturated rings. The number of rotatable bonds is 31. The maximum Gasteiger partial charge on any atom is 0.333 e. The lowest BCUT2D eigenvalue weighted by Crippen LogP contribution is -3.11. The summed E-state index contributed by atoms with van der Waals surface area (Å²) in [5.74, 6) is -0.321. The number of unbranched alkanes of at least 4 members (excludes halogenated alkanes) is 16. The number of hydrogen-bond donors (Lipinski definition) is 2. The highest BCUT2D eigenvalue weighted by molar-refractivity contribution is 7.52. The summed E-state index contributed by atoms with van der Waals surface area (Å²) in [6.45, 7) is 11.4. The Balaban J connectivity index is 3.87. The highest BCUT2D eigenvalue weighted by atomic mass is 31.2. The Labute approximate surface area is 248 Å². The summed E-state index contributed by atoms with van der Waals surface area (Å²) in [7, 11) is -3.73. The number of quaternary nitrogens is 1. The lowest BCUT2D eigenvalue weighted by molar-refractivity contribution is -0.893. The number of ether oxygens (including phenoxy) is 2. The van der Waals surface area contributed by atoms with Crippen LogP contribution in [-0.2, 0) is 23.4 Å². The third kappa shape index (κ3) is 26.4. The van der Waals surface area contributed by atoms with Crippen LogP contribution in [0.2, 0.25) is 0 Å². The molecule has 0 heterocycles. The van der Waals surface area contributed by atoms with Gasteiger partial charge in [0.1, 0.15) is 6.10 Å². The summed E-state index contributed by atoms with van der Waals surface area (Å²) >= 11 is 0. The van der Waals surface area contributed by atoms with Gasteiger partial charge in [-0.1, -0.05) is 117 Å². The Hall–Kier alpha value is -0.460. The molecule has 0 rings (SSSR count). The van der Waals surface area contributed by atoms with Gasteiger partial charge in [-0.15, -0.1) is 0 Å². The van der Waals surface area contributed by atoms with Crippen LogP contribution < -0.4 is 4.90 Å². The minimum absolute atomic E-state index is 0.0970. The number of carbonyl (C=O) groups is 1. The Kier molecular flexibility index (Phi) is 28.3. The summed E-state index contributed by atoms with van der Waals surface area (Å²) in [5, 5.41) is 0. The van der Waals surface area contributed by atoms with Gasteiger partial charge in [-0.05, 0) is 26.7 Å². The molecule has 0 amide bonds. The number of esters is 1. The fraction of sp³-hybridized carbons (Fsp3) is 0.969. The van der Waals surface area contributed by atoms with Crippen LogP contribution in [0.1, 0.15) is 150 Å². The molecule has 0 aliphatic carbocycles. The number of nitrogens with one attached hydrogen (secondary N) is 1. The quantitative estimate of drug-likeness (QED) is 0.0493. The lowest BCUT2D eigenvalue weighted by atomic mass is 10.0. The zero-order valence-corrected chi connectivity index (χ0v) is 27.8. The van der Waals surface area contributed by atoms with E-state index in [4.69, 9.17) is 14.0 Å². The first-order valence-electron chi connectivity index (χ1n) is 17.0. The van der Waals surface area contributed by atoms with Crippen molar-refractivity contribution in [2.24, 2.45) is 0 Å². The molecule has 2 unspecified atom stereocenters. The van der Waals surface area contributed by atoms with Crippen LogP contribution in [0.4, 0.5) is 0 Å². The van der Waals surface area contributed by atoms with E-state index in [-0.39, 0.29) is 25.3 Å². The van der Waals surface area contributed by atoms with Crippen LogP contribution in [0.15, 0.2) is 0 Å². The summed E-state index contributed by atoms with van der Waals surface area (Å²) in [6.07, 6.45) is 23.2. The largest absolute Gasteiger partial charge is 0.457 e. The molecule has 240 valence electrons. The van der Waals surface area contributed by atoms with Gasteiger partial charge in [-0.2, -0.15) is 0 Å². The summed E-state index contributed by atoms with van der Waals surface area (Å²) in [4.78, 5) is 23.5. The fourth-order valence-electron chi connectivity index (χ4n) is 4.88. The normalized spacial score (nSPS) is 13.9. The molecule has 0 bridgehead atoms. The first-order valence-corrected chi connectivity index (χ1v) is 18.7. The second-order valence-corrected chi connectivity index (χ2v) is 13.4. The van der Waals surface area contributed by atoms with Crippen molar-refractivity contribution in [3.8, 4) is 0 Å². The van der Waals surface area contributed by atoms with Gasteiger partial charge in [0.2, 0.25) is 0 Å². The summed E-state index contributed by atoms with van der Waals surface area (Å²) < 4.78 is 29.0. The zero-order valence-electron chi connectivity index (χ0n) is 26.9. The van der Waals surface area contributed by atoms with Crippen molar-refractivity contribution in [1.29, 1.82) is 0 Å². The molecule has 40 heavy (non-hydrogen) atoms. The van der Waals surface area contributed by atoms with Crippen molar-refractivity contribution >= 4 is 13.6 Å². The maximum absolute atomic E-state index is 12.5. The average molecular weight is 593 g/mol. The molecule has 0 saturated heterocycles. The molecule has 0 aliphatic heterocycles. The van der Waals surface area contributed by atoms with E-state index in [0.717, 1.165) is 25.9 Å². The minimum Gasteiger partial charge on any atom is -0.457 e. The van der Waals surface area contributed by atoms with Crippen LogP contribution in [-0.4, -0.2) is 62.6 Å². The Morgan fingerprint density at radius 2 is 1.18 bits per heavy atom. The Morgan fingerprint density at radius 1 is 0.700 bits per heavy atom. The molecule has 2 N–H and O–H groups in total. The van der Waals surface area contributed by atoms with E-state index in [9.17, 15) is 14.3 Å². The zero-order chi connectivity index (χ0) is 29.7. The molecule has 2 atom stereocenters. The predicted octanol–water partition coefficient (Wildman–Crippen LogP) is 7.49. The van der Waals surface area contributed by atoms with Gasteiger partial charge in [-0.3, -0.25) is 9.36 Å². The number of carbonyl (C=O) groups excluding carboxylic acids is 1. The number of hydrogen-bond acceptors (Lipinski definition) is 5. The smallest absolute Gasteiger partial charge is 0.333 e. The van der Waals surface area contributed by atoms with Crippen LogP contribution in [0.5, 0.6) is 0 Å². The minimum atomic E-state index is -3.73. The summed E-state index contributed by atoms with van der Waals surface area (Å²) in [6, 6.07) is 0. The third-order valence-corrected chi connectivity index (χ3v) is 9.00. The molecule has 0 radical (unpaired) electrons. The van der Waals surface area contributed by atoms with Crippen molar-refractivity contribution in [3.63, 3.8) is 0 Å². The highest BCUT2D eigenvalue weighted by Gasteiger charge is 2.25. The summed E-state index contributed by atoms with van der Waals surface area (Å²) in [5.41, 5.74) is 0. The lowest BCUT2D eigenvalue weighted by Gasteiger charge is -2.21. The van der Waals surface area contributed by atoms with Crippen LogP contribution in [0.3, 0.4) is 0 Å². The molecule has 0 aromatic heterocycles. The van der Waals surface area contributed by atoms with E-state index in [0.29, 0.717) is 26.0 Å². The molecular formula is C32H67NO6P+. The van der Waals surface area contributed by atoms with Crippen LogP contribution in [0, 0.1) is 0 Å². The molecule has 0 saturated carbocycles. The molecule has 0 aromatic carbocycles. The second-order valence-electron chi connectivity index (χ2n) is 11.5. The Bertz CT molecular complexity index is 602. The maximum atomic E-state index is 12.5. The van der Waals surface area contributed by atoms with Gasteiger partial charge in [0.15, 0.2) is 0 Å². The van der Waals surface area contributed by atoms with Crippen molar-refractivity contribution in [3.05, 3.63) is 0 Å². The second kappa shape index (κ2) is 28.6. The van der Waals surface area contributed by atoms with Crippen molar-refractivity contribution in [1.82, 2.24) is 0 Å². The first kappa shape index (κ1) is 39.5. The monoisotopic (exact) mass is 592 g/mol. The first-order chi connectivity index (χ1) is 19.4. The van der Waals surface area contributed by atoms with Crippen molar-refractivity contribution < 1.29 is 33.2 Å². The molecular weight excluding hydrogens is 525 g/mol. The third-order valence-electron chi connectivity index (χ3n) is 7.66. The van der Waals surface area contributed by atoms with E-state index >= 15 is 0 Å². The van der Waals surface area contributed by atoms with Gasteiger partial charge in [0.05, 0.1) is 39.0 Å². The van der Waals surface area contributed by atoms with E-state index < -0.39 is 13.7 Å². The molecule has 0 aliphatic rings. The molecule has 8 heteroatoms. The van der Waals surface area contributed by atoms with E-state index in [1.165, 1.54) is 101 Å². The van der Waals surface area contributed by atoms with E-state index in [1.807, 2.05) is 6.92 Å². The standard InChI is InChI=1S/C32H66NO6P/c1-5-9-10-11-12-13-14-15-16-17-18-19-20-21-22-23-24-27-37-29-31(39-32(34)25-6-2)30-38-40(35,36)28-26-33(7-3)8-4/h31H,5-30H2,1-4H3,(H,35,36)/p+1. The molecule has 0 aromatic rings. The van der Waals surface area contributed by atoms with E-state index in [1.54, 1.807) is 0 Å². The van der Waals surface area contributed by atoms with E-state index in [2.05, 4.69) is 20.8 Å². The van der Waals surface area contributed by atoms with Gasteiger partial charge >= 0.3 is 13.6 Å². The SMILES string of the molecule is CCCCCCCCCCCCCCCCCCCOCC(COP(=O)(O)CC[NH+](CC)CC)OC(=O)CCC. The highest BCUT2D eigenvalue weighted by Crippen LogP contribution is 2.41. The van der Waals surface area contributed by atoms with Crippen molar-refractivity contribution in [2.75, 3.05) is 45.6 Å². The molecule has 0 spiro atoms. The fourth-order valence-corrected chi connectivity index (χ4v) is 6.00. The van der Waals surface area contributed by atoms with Gasteiger partial charge < -0.3 is 23.8 Å². The van der Waals surface area contributed by atoms with Gasteiger partial charge in [0.25, 0.3) is 0 Å². The Morgan fingerprint density at radius 3 is 1.62 bits per heavy atom. The van der Waals surface area contributed by atoms with Gasteiger partial charge in [0, 0.05) is 13.0 Å². The average Bonchev–Trinajstić information content (AvgIpc) is 2.93.